The highest BCUT2D eigenvalue weighted by Crippen LogP contribution is 2.07. The lowest BCUT2D eigenvalue weighted by molar-refractivity contribution is -0.115. The molecule has 0 bridgehead atoms. The predicted octanol–water partition coefficient (Wildman–Crippen LogP) is 1.24. The van der Waals surface area contributed by atoms with Crippen LogP contribution in [0.4, 0.5) is 5.82 Å². The summed E-state index contributed by atoms with van der Waals surface area (Å²) in [5.74, 6) is 0.439. The molecule has 1 heterocycles. The second-order valence-corrected chi connectivity index (χ2v) is 4.60. The molecule has 0 saturated heterocycles. The first-order valence-electron chi connectivity index (χ1n) is 5.73. The largest absolute Gasteiger partial charge is 0.389 e. The molecule has 0 radical (unpaired) electrons. The number of carbonyl (C=O) groups is 1. The van der Waals surface area contributed by atoms with Crippen LogP contribution in [0.5, 0.6) is 0 Å². The van der Waals surface area contributed by atoms with Crippen molar-refractivity contribution in [2.45, 2.75) is 6.42 Å². The van der Waals surface area contributed by atoms with Crippen molar-refractivity contribution < 1.29 is 4.79 Å². The molecule has 0 aliphatic carbocycles. The number of nitrogens with two attached hydrogens (primary N) is 1. The number of amides is 1. The number of nitrogens with zero attached hydrogens (tertiary/aromatic N) is 2. The molecule has 98 valence electrons. The quantitative estimate of drug-likeness (QED) is 0.823. The Morgan fingerprint density at radius 1 is 1.37 bits per heavy atom. The Bertz CT molecular complexity index is 603. The monoisotopic (exact) mass is 274 g/mol. The van der Waals surface area contributed by atoms with E-state index in [1.807, 2.05) is 24.3 Å². The first-order chi connectivity index (χ1) is 9.04. The summed E-state index contributed by atoms with van der Waals surface area (Å²) in [4.78, 5) is 12.2. The minimum atomic E-state index is -0.109. The fourth-order valence-corrected chi connectivity index (χ4v) is 1.78. The second kappa shape index (κ2) is 5.62. The molecule has 1 amide bonds. The standard InChI is InChI=1S/C13H14N4OS/c1-17-7-6-11(16-17)15-12(18)8-9-2-4-10(5-3-9)13(14)19/h2-7H,8H2,1H3,(H2,14,19)(H,15,16,18). The molecule has 2 aromatic rings. The number of nitrogens with one attached hydrogen (secondary N) is 1. The Morgan fingerprint density at radius 3 is 2.58 bits per heavy atom. The molecule has 6 heteroatoms. The van der Waals surface area contributed by atoms with Gasteiger partial charge in [0.15, 0.2) is 5.82 Å². The first-order valence-corrected chi connectivity index (χ1v) is 6.13. The molecule has 0 atom stereocenters. The van der Waals surface area contributed by atoms with Gasteiger partial charge in [0.05, 0.1) is 6.42 Å². The van der Waals surface area contributed by atoms with Gasteiger partial charge in [-0.2, -0.15) is 5.10 Å². The molecule has 0 aliphatic rings. The third-order valence-corrected chi connectivity index (χ3v) is 2.82. The van der Waals surface area contributed by atoms with Crippen molar-refractivity contribution in [3.63, 3.8) is 0 Å². The van der Waals surface area contributed by atoms with Crippen LogP contribution in [0.25, 0.3) is 0 Å². The van der Waals surface area contributed by atoms with Gasteiger partial charge in [-0.3, -0.25) is 9.48 Å². The van der Waals surface area contributed by atoms with Crippen molar-refractivity contribution in [1.29, 1.82) is 0 Å². The lowest BCUT2D eigenvalue weighted by Gasteiger charge is -2.03. The predicted molar refractivity (Wildman–Crippen MR) is 77.9 cm³/mol. The third-order valence-electron chi connectivity index (χ3n) is 2.58. The van der Waals surface area contributed by atoms with Gasteiger partial charge in [-0.05, 0) is 5.56 Å². The Labute approximate surface area is 116 Å². The minimum absolute atomic E-state index is 0.109. The molecule has 0 fully saturated rings. The molecule has 0 unspecified atom stereocenters. The number of aryl methyl sites for hydroxylation is 1. The van der Waals surface area contributed by atoms with Crippen LogP contribution in [0.3, 0.4) is 0 Å². The fourth-order valence-electron chi connectivity index (χ4n) is 1.64. The summed E-state index contributed by atoms with van der Waals surface area (Å²) in [5, 5.41) is 6.81. The number of benzene rings is 1. The Balaban J connectivity index is 1.97. The lowest BCUT2D eigenvalue weighted by Crippen LogP contribution is -2.15. The van der Waals surface area contributed by atoms with E-state index in [0.29, 0.717) is 10.8 Å². The van der Waals surface area contributed by atoms with Gasteiger partial charge >= 0.3 is 0 Å². The number of anilines is 1. The van der Waals surface area contributed by atoms with Crippen molar-refractivity contribution in [2.24, 2.45) is 12.8 Å². The molecule has 19 heavy (non-hydrogen) atoms. The second-order valence-electron chi connectivity index (χ2n) is 4.16. The van der Waals surface area contributed by atoms with Gasteiger partial charge in [0.2, 0.25) is 5.91 Å². The van der Waals surface area contributed by atoms with E-state index >= 15 is 0 Å². The van der Waals surface area contributed by atoms with E-state index in [4.69, 9.17) is 18.0 Å². The zero-order valence-corrected chi connectivity index (χ0v) is 11.3. The smallest absolute Gasteiger partial charge is 0.229 e. The lowest BCUT2D eigenvalue weighted by atomic mass is 10.1. The molecule has 5 nitrogen and oxygen atoms in total. The molecule has 0 aliphatic heterocycles. The Morgan fingerprint density at radius 2 is 2.05 bits per heavy atom. The fraction of sp³-hybridized carbons (Fsp3) is 0.154. The van der Waals surface area contributed by atoms with Crippen molar-refractivity contribution in [1.82, 2.24) is 9.78 Å². The molecule has 3 N–H and O–H groups in total. The minimum Gasteiger partial charge on any atom is -0.389 e. The van der Waals surface area contributed by atoms with Crippen LogP contribution >= 0.6 is 12.2 Å². The van der Waals surface area contributed by atoms with Crippen molar-refractivity contribution in [2.75, 3.05) is 5.32 Å². The zero-order valence-electron chi connectivity index (χ0n) is 10.5. The number of rotatable bonds is 4. The van der Waals surface area contributed by atoms with Gasteiger partial charge in [-0.1, -0.05) is 36.5 Å². The van der Waals surface area contributed by atoms with E-state index in [9.17, 15) is 4.79 Å². The normalized spacial score (nSPS) is 10.2. The van der Waals surface area contributed by atoms with Crippen LogP contribution in [-0.4, -0.2) is 20.7 Å². The third kappa shape index (κ3) is 3.62. The Hall–Kier alpha value is -2.21. The Kier molecular flexibility index (Phi) is 3.91. The van der Waals surface area contributed by atoms with Crippen LogP contribution in [0.2, 0.25) is 0 Å². The molecule has 0 spiro atoms. The molecular formula is C13H14N4OS. The molecule has 0 saturated carbocycles. The van der Waals surface area contributed by atoms with E-state index in [-0.39, 0.29) is 12.3 Å². The molecular weight excluding hydrogens is 260 g/mol. The van der Waals surface area contributed by atoms with Gasteiger partial charge in [0, 0.05) is 24.9 Å². The van der Waals surface area contributed by atoms with E-state index < -0.39 is 0 Å². The summed E-state index contributed by atoms with van der Waals surface area (Å²) < 4.78 is 1.63. The maximum absolute atomic E-state index is 11.8. The van der Waals surface area contributed by atoms with Gasteiger partial charge in [0.25, 0.3) is 0 Å². The first kappa shape index (κ1) is 13.2. The van der Waals surface area contributed by atoms with Gasteiger partial charge < -0.3 is 11.1 Å². The summed E-state index contributed by atoms with van der Waals surface area (Å²) >= 11 is 4.87. The van der Waals surface area contributed by atoms with Crippen LogP contribution in [0, 0.1) is 0 Å². The summed E-state index contributed by atoms with van der Waals surface area (Å²) in [7, 11) is 1.80. The number of aromatic nitrogens is 2. The molecule has 1 aromatic heterocycles. The van der Waals surface area contributed by atoms with E-state index in [1.165, 1.54) is 0 Å². The number of carbonyl (C=O) groups excluding carboxylic acids is 1. The summed E-state index contributed by atoms with van der Waals surface area (Å²) in [6.07, 6.45) is 2.06. The number of thiocarbonyl (C=S) groups is 1. The number of hydrogen-bond acceptors (Lipinski definition) is 3. The van der Waals surface area contributed by atoms with Gasteiger partial charge in [-0.15, -0.1) is 0 Å². The zero-order chi connectivity index (χ0) is 13.8. The summed E-state index contributed by atoms with van der Waals surface area (Å²) in [6, 6.07) is 9.05. The van der Waals surface area contributed by atoms with Crippen molar-refractivity contribution in [3.05, 3.63) is 47.7 Å². The highest BCUT2D eigenvalue weighted by atomic mass is 32.1. The van der Waals surface area contributed by atoms with E-state index in [1.54, 1.807) is 24.0 Å². The highest BCUT2D eigenvalue weighted by Gasteiger charge is 2.06. The van der Waals surface area contributed by atoms with Gasteiger partial charge in [0.1, 0.15) is 4.99 Å². The van der Waals surface area contributed by atoms with Gasteiger partial charge in [-0.25, -0.2) is 0 Å². The van der Waals surface area contributed by atoms with Crippen LogP contribution in [0.15, 0.2) is 36.5 Å². The van der Waals surface area contributed by atoms with Crippen molar-refractivity contribution >= 4 is 28.9 Å². The van der Waals surface area contributed by atoms with Crippen LogP contribution in [0.1, 0.15) is 11.1 Å². The average Bonchev–Trinajstić information content (AvgIpc) is 2.75. The maximum atomic E-state index is 11.8. The van der Waals surface area contributed by atoms with Crippen molar-refractivity contribution in [3.8, 4) is 0 Å². The average molecular weight is 274 g/mol. The van der Waals surface area contributed by atoms with E-state index in [2.05, 4.69) is 10.4 Å². The summed E-state index contributed by atoms with van der Waals surface area (Å²) in [6.45, 7) is 0. The van der Waals surface area contributed by atoms with Crippen LogP contribution in [-0.2, 0) is 18.3 Å². The number of hydrogen-bond donors (Lipinski definition) is 2. The van der Waals surface area contributed by atoms with E-state index in [0.717, 1.165) is 11.1 Å². The van der Waals surface area contributed by atoms with Crippen LogP contribution < -0.4 is 11.1 Å². The molecule has 2 rings (SSSR count). The highest BCUT2D eigenvalue weighted by molar-refractivity contribution is 7.80. The molecule has 1 aromatic carbocycles. The maximum Gasteiger partial charge on any atom is 0.229 e. The topological polar surface area (TPSA) is 72.9 Å². The SMILES string of the molecule is Cn1ccc(NC(=O)Cc2ccc(C(N)=S)cc2)n1. The summed E-state index contributed by atoms with van der Waals surface area (Å²) in [5.41, 5.74) is 7.20.